The van der Waals surface area contributed by atoms with E-state index >= 15 is 0 Å². The van der Waals surface area contributed by atoms with Crippen molar-refractivity contribution in [2.24, 2.45) is 5.41 Å². The van der Waals surface area contributed by atoms with Crippen molar-refractivity contribution in [3.8, 4) is 0 Å². The van der Waals surface area contributed by atoms with Crippen LogP contribution in [0.25, 0.3) is 0 Å². The minimum Gasteiger partial charge on any atom is -0.369 e. The van der Waals surface area contributed by atoms with Crippen LogP contribution in [0.2, 0.25) is 0 Å². The molecule has 0 bridgehead atoms. The fourth-order valence-corrected chi connectivity index (χ4v) is 1.79. The molecule has 1 rings (SSSR count). The Bertz CT molecular complexity index is 379. The first-order valence-corrected chi connectivity index (χ1v) is 7.27. The molecule has 1 aromatic rings. The van der Waals surface area contributed by atoms with Gasteiger partial charge in [-0.1, -0.05) is 27.7 Å². The third-order valence-electron chi connectivity index (χ3n) is 3.02. The smallest absolute Gasteiger partial charge is 0.145 e. The molecule has 1 heterocycles. The molecule has 1 aromatic heterocycles. The normalized spacial score (nSPS) is 11.4. The van der Waals surface area contributed by atoms with Gasteiger partial charge in [-0.3, -0.25) is 0 Å². The van der Waals surface area contributed by atoms with Gasteiger partial charge in [-0.25, -0.2) is 9.97 Å². The van der Waals surface area contributed by atoms with Crippen LogP contribution in [0.5, 0.6) is 0 Å². The van der Waals surface area contributed by atoms with Gasteiger partial charge in [0.25, 0.3) is 0 Å². The van der Waals surface area contributed by atoms with Crippen LogP contribution < -0.4 is 10.6 Å². The Morgan fingerprint density at radius 1 is 1.17 bits per heavy atom. The summed E-state index contributed by atoms with van der Waals surface area (Å²) in [5, 5.41) is 6.66. The maximum atomic E-state index is 4.28. The topological polar surface area (TPSA) is 49.8 Å². The van der Waals surface area contributed by atoms with Crippen LogP contribution in [-0.4, -0.2) is 23.1 Å². The molecule has 0 aliphatic heterocycles. The summed E-state index contributed by atoms with van der Waals surface area (Å²) < 4.78 is 0.908. The van der Waals surface area contributed by atoms with Crippen molar-refractivity contribution in [3.05, 3.63) is 10.8 Å². The van der Waals surface area contributed by atoms with Crippen LogP contribution in [0, 0.1) is 5.41 Å². The highest BCUT2D eigenvalue weighted by molar-refractivity contribution is 9.10. The summed E-state index contributed by atoms with van der Waals surface area (Å²) >= 11 is 3.55. The molecule has 0 saturated carbocycles. The molecule has 4 nitrogen and oxygen atoms in total. The van der Waals surface area contributed by atoms with E-state index < -0.39 is 0 Å². The van der Waals surface area contributed by atoms with E-state index in [2.05, 4.69) is 64.2 Å². The second-order valence-electron chi connectivity index (χ2n) is 5.18. The summed E-state index contributed by atoms with van der Waals surface area (Å²) in [6.45, 7) is 10.6. The van der Waals surface area contributed by atoms with Crippen molar-refractivity contribution in [1.82, 2.24) is 9.97 Å². The lowest BCUT2D eigenvalue weighted by Crippen LogP contribution is -2.22. The number of anilines is 2. The molecule has 2 N–H and O–H groups in total. The zero-order chi connectivity index (χ0) is 13.6. The average Bonchev–Trinajstić information content (AvgIpc) is 2.36. The number of hydrogen-bond donors (Lipinski definition) is 2. The van der Waals surface area contributed by atoms with E-state index in [0.717, 1.165) is 42.0 Å². The summed E-state index contributed by atoms with van der Waals surface area (Å²) in [5.74, 6) is 1.70. The quantitative estimate of drug-likeness (QED) is 0.801. The third-order valence-corrected chi connectivity index (χ3v) is 3.77. The van der Waals surface area contributed by atoms with Gasteiger partial charge in [-0.15, -0.1) is 0 Å². The van der Waals surface area contributed by atoms with Gasteiger partial charge in [0.05, 0.1) is 0 Å². The number of hydrogen-bond acceptors (Lipinski definition) is 4. The Balaban J connectivity index is 2.71. The first kappa shape index (κ1) is 15.2. The number of nitrogens with zero attached hydrogens (tertiary/aromatic N) is 2. The fraction of sp³-hybridized carbons (Fsp3) is 0.692. The van der Waals surface area contributed by atoms with Crippen LogP contribution in [0.3, 0.4) is 0 Å². The molecule has 0 saturated heterocycles. The lowest BCUT2D eigenvalue weighted by atomic mass is 9.90. The second kappa shape index (κ2) is 6.92. The predicted molar refractivity (Wildman–Crippen MR) is 81.1 cm³/mol. The fourth-order valence-electron chi connectivity index (χ4n) is 1.31. The molecular formula is C13H23BrN4. The van der Waals surface area contributed by atoms with Crippen molar-refractivity contribution in [2.75, 3.05) is 23.7 Å². The van der Waals surface area contributed by atoms with E-state index in [9.17, 15) is 0 Å². The van der Waals surface area contributed by atoms with Crippen LogP contribution in [0.15, 0.2) is 10.8 Å². The van der Waals surface area contributed by atoms with E-state index in [0.29, 0.717) is 0 Å². The number of aromatic nitrogens is 2. The summed E-state index contributed by atoms with van der Waals surface area (Å²) in [7, 11) is 0. The second-order valence-corrected chi connectivity index (χ2v) is 5.98. The Morgan fingerprint density at radius 3 is 2.33 bits per heavy atom. The summed E-state index contributed by atoms with van der Waals surface area (Å²) in [6, 6.07) is 0. The summed E-state index contributed by atoms with van der Waals surface area (Å²) in [6.07, 6.45) is 3.79. The molecule has 0 aliphatic rings. The Labute approximate surface area is 118 Å². The van der Waals surface area contributed by atoms with E-state index in [4.69, 9.17) is 0 Å². The standard InChI is InChI=1S/C13H23BrN4/c1-5-7-15-11-10(14)12(18-9-17-11)16-8-13(3,4)6-2/h9H,5-8H2,1-4H3,(H2,15,16,17,18). The SMILES string of the molecule is CCCNc1ncnc(NCC(C)(C)CC)c1Br. The first-order chi connectivity index (χ1) is 8.50. The van der Waals surface area contributed by atoms with E-state index in [1.807, 2.05) is 0 Å². The van der Waals surface area contributed by atoms with E-state index in [1.165, 1.54) is 0 Å². The molecule has 0 spiro atoms. The van der Waals surface area contributed by atoms with Gasteiger partial charge in [0.15, 0.2) is 0 Å². The van der Waals surface area contributed by atoms with Gasteiger partial charge in [-0.2, -0.15) is 0 Å². The van der Waals surface area contributed by atoms with Crippen molar-refractivity contribution < 1.29 is 0 Å². The molecule has 102 valence electrons. The first-order valence-electron chi connectivity index (χ1n) is 6.48. The molecule has 0 amide bonds. The van der Waals surface area contributed by atoms with Crippen LogP contribution in [0.1, 0.15) is 40.5 Å². The third kappa shape index (κ3) is 4.44. The molecule has 5 heteroatoms. The van der Waals surface area contributed by atoms with Crippen molar-refractivity contribution in [3.63, 3.8) is 0 Å². The van der Waals surface area contributed by atoms with Crippen LogP contribution in [-0.2, 0) is 0 Å². The maximum Gasteiger partial charge on any atom is 0.145 e. The Hall–Kier alpha value is -0.840. The molecule has 18 heavy (non-hydrogen) atoms. The largest absolute Gasteiger partial charge is 0.369 e. The monoisotopic (exact) mass is 314 g/mol. The lowest BCUT2D eigenvalue weighted by molar-refractivity contribution is 0.376. The van der Waals surface area contributed by atoms with Crippen LogP contribution >= 0.6 is 15.9 Å². The average molecular weight is 315 g/mol. The van der Waals surface area contributed by atoms with Gasteiger partial charge >= 0.3 is 0 Å². The van der Waals surface area contributed by atoms with Crippen molar-refractivity contribution in [1.29, 1.82) is 0 Å². The van der Waals surface area contributed by atoms with E-state index in [-0.39, 0.29) is 5.41 Å². The molecule has 0 radical (unpaired) electrons. The Kier molecular flexibility index (Phi) is 5.85. The van der Waals surface area contributed by atoms with Gasteiger partial charge in [0.1, 0.15) is 22.4 Å². The molecule has 0 atom stereocenters. The molecule has 0 fully saturated rings. The molecule has 0 unspecified atom stereocenters. The zero-order valence-corrected chi connectivity index (χ0v) is 13.3. The molecular weight excluding hydrogens is 292 g/mol. The minimum absolute atomic E-state index is 0.265. The van der Waals surface area contributed by atoms with Gasteiger partial charge < -0.3 is 10.6 Å². The van der Waals surface area contributed by atoms with Gasteiger partial charge in [-0.05, 0) is 34.2 Å². The van der Waals surface area contributed by atoms with Gasteiger partial charge in [0, 0.05) is 13.1 Å². The molecule has 0 aromatic carbocycles. The highest BCUT2D eigenvalue weighted by atomic mass is 79.9. The number of nitrogens with one attached hydrogen (secondary N) is 2. The summed E-state index contributed by atoms with van der Waals surface area (Å²) in [4.78, 5) is 8.51. The van der Waals surface area contributed by atoms with Crippen molar-refractivity contribution >= 4 is 27.6 Å². The minimum atomic E-state index is 0.265. The van der Waals surface area contributed by atoms with Crippen molar-refractivity contribution in [2.45, 2.75) is 40.5 Å². The summed E-state index contributed by atoms with van der Waals surface area (Å²) in [5.41, 5.74) is 0.265. The van der Waals surface area contributed by atoms with Crippen LogP contribution in [0.4, 0.5) is 11.6 Å². The number of rotatable bonds is 7. The molecule has 0 aliphatic carbocycles. The lowest BCUT2D eigenvalue weighted by Gasteiger charge is -2.23. The highest BCUT2D eigenvalue weighted by Crippen LogP contribution is 2.28. The maximum absolute atomic E-state index is 4.28. The van der Waals surface area contributed by atoms with E-state index in [1.54, 1.807) is 6.33 Å². The number of halogens is 1. The Morgan fingerprint density at radius 2 is 1.78 bits per heavy atom. The zero-order valence-electron chi connectivity index (χ0n) is 11.7. The predicted octanol–water partition coefficient (Wildman–Crippen LogP) is 3.91. The highest BCUT2D eigenvalue weighted by Gasteiger charge is 2.16. The van der Waals surface area contributed by atoms with Gasteiger partial charge in [0.2, 0.25) is 0 Å².